The third-order valence-electron chi connectivity index (χ3n) is 3.98. The molecule has 2 N–H and O–H groups in total. The molecule has 0 aliphatic heterocycles. The fraction of sp³-hybridized carbons (Fsp3) is 0.438. The van der Waals surface area contributed by atoms with E-state index < -0.39 is 0 Å². The van der Waals surface area contributed by atoms with Crippen molar-refractivity contribution in [2.24, 2.45) is 0 Å². The summed E-state index contributed by atoms with van der Waals surface area (Å²) in [6, 6.07) is 2.17. The summed E-state index contributed by atoms with van der Waals surface area (Å²) in [5.74, 6) is 0. The van der Waals surface area contributed by atoms with Crippen molar-refractivity contribution in [3.63, 3.8) is 0 Å². The van der Waals surface area contributed by atoms with Gasteiger partial charge < -0.3 is 5.73 Å². The summed E-state index contributed by atoms with van der Waals surface area (Å²) in [6.07, 6.45) is 3.88. The summed E-state index contributed by atoms with van der Waals surface area (Å²) in [5, 5.41) is 7.32. The third kappa shape index (κ3) is 2.83. The van der Waals surface area contributed by atoms with Gasteiger partial charge in [0.25, 0.3) is 0 Å². The molecule has 0 spiro atoms. The first-order chi connectivity index (χ1) is 10.6. The van der Waals surface area contributed by atoms with Crippen molar-refractivity contribution in [2.75, 3.05) is 5.73 Å². The minimum Gasteiger partial charge on any atom is -0.375 e. The average molecular weight is 315 g/mol. The molecule has 3 heterocycles. The Balaban J connectivity index is 1.84. The van der Waals surface area contributed by atoms with Crippen molar-refractivity contribution < 1.29 is 0 Å². The first-order valence-electron chi connectivity index (χ1n) is 7.63. The molecule has 5 nitrogen and oxygen atoms in total. The Labute approximate surface area is 134 Å². The fourth-order valence-electron chi connectivity index (χ4n) is 2.59. The number of aromatic nitrogens is 4. The van der Waals surface area contributed by atoms with E-state index in [4.69, 9.17) is 10.7 Å². The highest BCUT2D eigenvalue weighted by Gasteiger charge is 2.11. The van der Waals surface area contributed by atoms with Crippen molar-refractivity contribution in [1.82, 2.24) is 19.6 Å². The summed E-state index contributed by atoms with van der Waals surface area (Å²) < 4.78 is 2.00. The average Bonchev–Trinajstić information content (AvgIpc) is 3.04. The molecule has 3 rings (SSSR count). The number of hydrogen-bond acceptors (Lipinski definition) is 5. The van der Waals surface area contributed by atoms with E-state index in [1.807, 2.05) is 16.8 Å². The van der Waals surface area contributed by atoms with Crippen LogP contribution >= 0.6 is 11.3 Å². The number of nitrogen functional groups attached to an aromatic ring is 1. The van der Waals surface area contributed by atoms with E-state index in [0.717, 1.165) is 48.4 Å². The molecule has 0 saturated carbocycles. The van der Waals surface area contributed by atoms with Gasteiger partial charge in [-0.15, -0.1) is 11.3 Å². The van der Waals surface area contributed by atoms with Crippen molar-refractivity contribution in [3.8, 4) is 0 Å². The van der Waals surface area contributed by atoms with E-state index in [9.17, 15) is 0 Å². The van der Waals surface area contributed by atoms with Crippen LogP contribution in [0.3, 0.4) is 0 Å². The van der Waals surface area contributed by atoms with Crippen LogP contribution in [0.2, 0.25) is 0 Å². The van der Waals surface area contributed by atoms with Gasteiger partial charge in [-0.05, 0) is 45.6 Å². The van der Waals surface area contributed by atoms with Crippen LogP contribution in [0.1, 0.15) is 41.7 Å². The zero-order chi connectivity index (χ0) is 15.7. The SMILES string of the molecule is CCc1cc(CCCc2csc(N)n2)n2nc(C)c(C)c2n1. The topological polar surface area (TPSA) is 69.1 Å². The second kappa shape index (κ2) is 6.04. The van der Waals surface area contributed by atoms with Gasteiger partial charge in [0.1, 0.15) is 0 Å². The van der Waals surface area contributed by atoms with Crippen LogP contribution < -0.4 is 5.73 Å². The standard InChI is InChI=1S/C16H21N5S/c1-4-12-8-14(7-5-6-13-9-22-16(17)19-13)21-15(18-12)10(2)11(3)20-21/h8-9H,4-7H2,1-3H3,(H2,17,19). The molecule has 3 aromatic rings. The van der Waals surface area contributed by atoms with Gasteiger partial charge >= 0.3 is 0 Å². The Morgan fingerprint density at radius 3 is 2.68 bits per heavy atom. The molecule has 22 heavy (non-hydrogen) atoms. The molecule has 0 aliphatic carbocycles. The van der Waals surface area contributed by atoms with E-state index in [2.05, 4.69) is 30.0 Å². The van der Waals surface area contributed by atoms with Gasteiger partial charge in [0.2, 0.25) is 0 Å². The molecule has 0 unspecified atom stereocenters. The van der Waals surface area contributed by atoms with Crippen LogP contribution in [0.15, 0.2) is 11.4 Å². The van der Waals surface area contributed by atoms with Crippen molar-refractivity contribution in [3.05, 3.63) is 39.8 Å². The van der Waals surface area contributed by atoms with Gasteiger partial charge in [0, 0.05) is 22.3 Å². The lowest BCUT2D eigenvalue weighted by molar-refractivity contribution is 0.737. The normalized spacial score (nSPS) is 11.4. The predicted octanol–water partition coefficient (Wildman–Crippen LogP) is 3.12. The van der Waals surface area contributed by atoms with E-state index in [1.165, 1.54) is 22.6 Å². The lowest BCUT2D eigenvalue weighted by Gasteiger charge is -2.07. The van der Waals surface area contributed by atoms with E-state index in [1.54, 1.807) is 0 Å². The van der Waals surface area contributed by atoms with Crippen LogP contribution in [0, 0.1) is 13.8 Å². The van der Waals surface area contributed by atoms with Crippen molar-refractivity contribution in [1.29, 1.82) is 0 Å². The second-order valence-electron chi connectivity index (χ2n) is 5.57. The van der Waals surface area contributed by atoms with Crippen LogP contribution in [-0.2, 0) is 19.3 Å². The van der Waals surface area contributed by atoms with Gasteiger partial charge in [-0.2, -0.15) is 5.10 Å². The number of fused-ring (bicyclic) bond motifs is 1. The molecule has 116 valence electrons. The quantitative estimate of drug-likeness (QED) is 0.785. The number of nitrogens with two attached hydrogens (primary N) is 1. The monoisotopic (exact) mass is 315 g/mol. The van der Waals surface area contributed by atoms with E-state index in [0.29, 0.717) is 5.13 Å². The number of anilines is 1. The highest BCUT2D eigenvalue weighted by atomic mass is 32.1. The fourth-order valence-corrected chi connectivity index (χ4v) is 3.19. The number of nitrogens with zero attached hydrogens (tertiary/aromatic N) is 4. The van der Waals surface area contributed by atoms with Crippen molar-refractivity contribution in [2.45, 2.75) is 46.5 Å². The van der Waals surface area contributed by atoms with Gasteiger partial charge in [-0.3, -0.25) is 0 Å². The summed E-state index contributed by atoms with van der Waals surface area (Å²) in [7, 11) is 0. The summed E-state index contributed by atoms with van der Waals surface area (Å²) in [4.78, 5) is 9.04. The number of aryl methyl sites for hydroxylation is 5. The van der Waals surface area contributed by atoms with Gasteiger partial charge in [0.05, 0.1) is 11.4 Å². The number of thiazole rings is 1. The zero-order valence-electron chi connectivity index (χ0n) is 13.3. The van der Waals surface area contributed by atoms with E-state index >= 15 is 0 Å². The Hall–Kier alpha value is -1.95. The van der Waals surface area contributed by atoms with Crippen LogP contribution in [0.5, 0.6) is 0 Å². The molecule has 0 aliphatic rings. The second-order valence-corrected chi connectivity index (χ2v) is 6.46. The molecule has 3 aromatic heterocycles. The molecule has 0 saturated heterocycles. The third-order valence-corrected chi connectivity index (χ3v) is 4.70. The molecule has 0 amide bonds. The van der Waals surface area contributed by atoms with Crippen LogP contribution in [-0.4, -0.2) is 19.6 Å². The molecular formula is C16H21N5S. The smallest absolute Gasteiger partial charge is 0.180 e. The Morgan fingerprint density at radius 1 is 1.18 bits per heavy atom. The van der Waals surface area contributed by atoms with Crippen LogP contribution in [0.25, 0.3) is 5.65 Å². The summed E-state index contributed by atoms with van der Waals surface area (Å²) in [5.41, 5.74) is 12.3. The van der Waals surface area contributed by atoms with E-state index in [-0.39, 0.29) is 0 Å². The molecule has 0 radical (unpaired) electrons. The summed E-state index contributed by atoms with van der Waals surface area (Å²) >= 11 is 1.50. The minimum atomic E-state index is 0.646. The van der Waals surface area contributed by atoms with Crippen molar-refractivity contribution >= 4 is 22.1 Å². The molecule has 0 fully saturated rings. The molecular weight excluding hydrogens is 294 g/mol. The number of hydrogen-bond donors (Lipinski definition) is 1. The lowest BCUT2D eigenvalue weighted by atomic mass is 10.1. The first-order valence-corrected chi connectivity index (χ1v) is 8.51. The number of rotatable bonds is 5. The molecule has 6 heteroatoms. The van der Waals surface area contributed by atoms with Gasteiger partial charge in [-0.1, -0.05) is 6.92 Å². The maximum absolute atomic E-state index is 5.68. The predicted molar refractivity (Wildman–Crippen MR) is 90.4 cm³/mol. The maximum atomic E-state index is 5.68. The molecule has 0 bridgehead atoms. The molecule has 0 atom stereocenters. The van der Waals surface area contributed by atoms with Gasteiger partial charge in [-0.25, -0.2) is 14.5 Å². The van der Waals surface area contributed by atoms with Crippen LogP contribution in [0.4, 0.5) is 5.13 Å². The Morgan fingerprint density at radius 2 is 2.00 bits per heavy atom. The maximum Gasteiger partial charge on any atom is 0.180 e. The molecule has 0 aromatic carbocycles. The first kappa shape index (κ1) is 15.0. The summed E-state index contributed by atoms with van der Waals surface area (Å²) in [6.45, 7) is 6.27. The minimum absolute atomic E-state index is 0.646. The largest absolute Gasteiger partial charge is 0.375 e. The zero-order valence-corrected chi connectivity index (χ0v) is 14.1. The Bertz CT molecular complexity index is 802. The van der Waals surface area contributed by atoms with Gasteiger partial charge in [0.15, 0.2) is 10.8 Å². The lowest BCUT2D eigenvalue weighted by Crippen LogP contribution is -2.04. The highest BCUT2D eigenvalue weighted by Crippen LogP contribution is 2.18. The Kier molecular flexibility index (Phi) is 4.11. The highest BCUT2D eigenvalue weighted by molar-refractivity contribution is 7.13.